The van der Waals surface area contributed by atoms with Crippen LogP contribution in [0.25, 0.3) is 0 Å². The molecule has 2 heterocycles. The second kappa shape index (κ2) is 8.39. The van der Waals surface area contributed by atoms with Crippen molar-refractivity contribution >= 4 is 23.3 Å². The first-order chi connectivity index (χ1) is 13.1. The van der Waals surface area contributed by atoms with Crippen LogP contribution in [0.4, 0.5) is 5.69 Å². The molecule has 1 aliphatic heterocycles. The molecular weight excluding hydrogens is 350 g/mol. The maximum atomic E-state index is 12.3. The largest absolute Gasteiger partial charge is 0.497 e. The van der Waals surface area contributed by atoms with Crippen molar-refractivity contribution in [2.75, 3.05) is 44.7 Å². The number of ketones is 1. The molecule has 0 saturated carbocycles. The van der Waals surface area contributed by atoms with E-state index in [1.165, 1.54) is 18.4 Å². The van der Waals surface area contributed by atoms with Gasteiger partial charge in [-0.3, -0.25) is 14.4 Å². The molecule has 1 fully saturated rings. The Kier molecular flexibility index (Phi) is 5.75. The third-order valence-corrected chi connectivity index (χ3v) is 4.42. The predicted molar refractivity (Wildman–Crippen MR) is 97.8 cm³/mol. The number of amides is 2. The molecule has 8 nitrogen and oxygen atoms in total. The van der Waals surface area contributed by atoms with Gasteiger partial charge in [-0.25, -0.2) is 0 Å². The standard InChI is InChI=1S/C19H21N3O5/c1-26-15-6-4-14(5-7-15)21-8-10-22(11-9-21)17(23)13-20-19(25)18(24)16-3-2-12-27-16/h2-7,12H,8-11,13H2,1H3,(H,20,25). The van der Waals surface area contributed by atoms with Crippen LogP contribution in [0.1, 0.15) is 10.6 Å². The molecule has 1 saturated heterocycles. The van der Waals surface area contributed by atoms with Crippen LogP contribution in [0.15, 0.2) is 47.1 Å². The van der Waals surface area contributed by atoms with E-state index in [-0.39, 0.29) is 18.2 Å². The van der Waals surface area contributed by atoms with E-state index < -0.39 is 11.7 Å². The topological polar surface area (TPSA) is 92.1 Å². The van der Waals surface area contributed by atoms with Gasteiger partial charge in [0.25, 0.3) is 11.7 Å². The van der Waals surface area contributed by atoms with Crippen molar-refractivity contribution in [1.82, 2.24) is 10.2 Å². The van der Waals surface area contributed by atoms with E-state index in [1.54, 1.807) is 12.0 Å². The number of methoxy groups -OCH3 is 1. The fourth-order valence-corrected chi connectivity index (χ4v) is 2.87. The molecule has 0 bridgehead atoms. The maximum Gasteiger partial charge on any atom is 0.296 e. The molecular formula is C19H21N3O5. The highest BCUT2D eigenvalue weighted by molar-refractivity contribution is 6.42. The van der Waals surface area contributed by atoms with Gasteiger partial charge in [-0.1, -0.05) is 0 Å². The van der Waals surface area contributed by atoms with E-state index in [1.807, 2.05) is 24.3 Å². The van der Waals surface area contributed by atoms with Gasteiger partial charge in [0.2, 0.25) is 5.91 Å². The molecule has 0 radical (unpaired) electrons. The summed E-state index contributed by atoms with van der Waals surface area (Å²) in [7, 11) is 1.63. The Morgan fingerprint density at radius 3 is 2.37 bits per heavy atom. The number of carbonyl (C=O) groups is 3. The van der Waals surface area contributed by atoms with E-state index in [0.717, 1.165) is 11.4 Å². The number of ether oxygens (including phenoxy) is 1. The molecule has 2 aromatic rings. The van der Waals surface area contributed by atoms with E-state index in [9.17, 15) is 14.4 Å². The van der Waals surface area contributed by atoms with E-state index >= 15 is 0 Å². The molecule has 2 amide bonds. The van der Waals surface area contributed by atoms with Crippen molar-refractivity contribution in [3.63, 3.8) is 0 Å². The minimum atomic E-state index is -0.852. The number of Topliss-reactive ketones (excluding diaryl/α,β-unsaturated/α-hetero) is 1. The lowest BCUT2D eigenvalue weighted by molar-refractivity contribution is -0.132. The van der Waals surface area contributed by atoms with Crippen molar-refractivity contribution in [3.05, 3.63) is 48.4 Å². The first-order valence-electron chi connectivity index (χ1n) is 8.61. The quantitative estimate of drug-likeness (QED) is 0.600. The van der Waals surface area contributed by atoms with Crippen molar-refractivity contribution in [2.24, 2.45) is 0 Å². The van der Waals surface area contributed by atoms with Crippen molar-refractivity contribution < 1.29 is 23.5 Å². The van der Waals surface area contributed by atoms with Gasteiger partial charge in [-0.05, 0) is 36.4 Å². The molecule has 8 heteroatoms. The smallest absolute Gasteiger partial charge is 0.296 e. The van der Waals surface area contributed by atoms with Gasteiger partial charge in [0, 0.05) is 31.9 Å². The summed E-state index contributed by atoms with van der Waals surface area (Å²) in [6.07, 6.45) is 1.31. The molecule has 1 N–H and O–H groups in total. The molecule has 0 unspecified atom stereocenters. The Bertz CT molecular complexity index is 793. The molecule has 3 rings (SSSR count). The van der Waals surface area contributed by atoms with Crippen LogP contribution in [-0.4, -0.2) is 62.3 Å². The predicted octanol–water partition coefficient (Wildman–Crippen LogP) is 0.936. The third kappa shape index (κ3) is 4.46. The lowest BCUT2D eigenvalue weighted by atomic mass is 10.2. The van der Waals surface area contributed by atoms with Crippen molar-refractivity contribution in [1.29, 1.82) is 0 Å². The zero-order valence-corrected chi connectivity index (χ0v) is 15.0. The summed E-state index contributed by atoms with van der Waals surface area (Å²) in [4.78, 5) is 39.7. The van der Waals surface area contributed by atoms with Crippen LogP contribution in [-0.2, 0) is 9.59 Å². The first-order valence-corrected chi connectivity index (χ1v) is 8.61. The first kappa shape index (κ1) is 18.5. The number of hydrogen-bond acceptors (Lipinski definition) is 6. The Labute approximate surface area is 156 Å². The zero-order valence-electron chi connectivity index (χ0n) is 15.0. The highest BCUT2D eigenvalue weighted by Crippen LogP contribution is 2.20. The Morgan fingerprint density at radius 2 is 1.78 bits per heavy atom. The maximum absolute atomic E-state index is 12.3. The molecule has 1 aromatic heterocycles. The summed E-state index contributed by atoms with van der Waals surface area (Å²) in [6, 6.07) is 10.7. The average Bonchev–Trinajstić information content (AvgIpc) is 3.26. The van der Waals surface area contributed by atoms with E-state index in [0.29, 0.717) is 26.2 Å². The number of nitrogens with zero attached hydrogens (tertiary/aromatic N) is 2. The number of carbonyl (C=O) groups excluding carboxylic acids is 3. The van der Waals surface area contributed by atoms with E-state index in [4.69, 9.17) is 9.15 Å². The average molecular weight is 371 g/mol. The second-order valence-electron chi connectivity index (χ2n) is 6.05. The zero-order chi connectivity index (χ0) is 19.2. The Morgan fingerprint density at radius 1 is 1.07 bits per heavy atom. The van der Waals surface area contributed by atoms with Crippen LogP contribution >= 0.6 is 0 Å². The highest BCUT2D eigenvalue weighted by atomic mass is 16.5. The Balaban J connectivity index is 1.45. The summed E-state index contributed by atoms with van der Waals surface area (Å²) in [6.45, 7) is 2.27. The van der Waals surface area contributed by atoms with Gasteiger partial charge in [0.1, 0.15) is 5.75 Å². The molecule has 1 aromatic carbocycles. The summed E-state index contributed by atoms with van der Waals surface area (Å²) >= 11 is 0. The molecule has 0 atom stereocenters. The van der Waals surface area contributed by atoms with Crippen LogP contribution in [0.5, 0.6) is 5.75 Å². The van der Waals surface area contributed by atoms with Gasteiger partial charge in [-0.15, -0.1) is 0 Å². The molecule has 142 valence electrons. The lowest BCUT2D eigenvalue weighted by Gasteiger charge is -2.36. The number of anilines is 1. The number of piperazine rings is 1. The number of hydrogen-bond donors (Lipinski definition) is 1. The number of benzene rings is 1. The van der Waals surface area contributed by atoms with Gasteiger partial charge in [0.05, 0.1) is 19.9 Å². The fourth-order valence-electron chi connectivity index (χ4n) is 2.87. The fraction of sp³-hybridized carbons (Fsp3) is 0.316. The minimum absolute atomic E-state index is 0.0481. The monoisotopic (exact) mass is 371 g/mol. The third-order valence-electron chi connectivity index (χ3n) is 4.42. The molecule has 27 heavy (non-hydrogen) atoms. The van der Waals surface area contributed by atoms with Crippen LogP contribution in [0.2, 0.25) is 0 Å². The van der Waals surface area contributed by atoms with Gasteiger partial charge >= 0.3 is 0 Å². The van der Waals surface area contributed by atoms with Gasteiger partial charge in [0.15, 0.2) is 5.76 Å². The lowest BCUT2D eigenvalue weighted by Crippen LogP contribution is -2.51. The van der Waals surface area contributed by atoms with E-state index in [2.05, 4.69) is 10.2 Å². The molecule has 1 aliphatic rings. The summed E-state index contributed by atoms with van der Waals surface area (Å²) < 4.78 is 10.0. The van der Waals surface area contributed by atoms with Gasteiger partial charge < -0.3 is 24.3 Å². The SMILES string of the molecule is COc1ccc(N2CCN(C(=O)CNC(=O)C(=O)c3ccco3)CC2)cc1. The molecule has 0 aliphatic carbocycles. The van der Waals surface area contributed by atoms with Crippen molar-refractivity contribution in [3.8, 4) is 5.75 Å². The summed E-state index contributed by atoms with van der Waals surface area (Å²) in [5.74, 6) is -1.11. The van der Waals surface area contributed by atoms with Gasteiger partial charge in [-0.2, -0.15) is 0 Å². The second-order valence-corrected chi connectivity index (χ2v) is 6.05. The number of furan rings is 1. The molecule has 0 spiro atoms. The van der Waals surface area contributed by atoms with Crippen LogP contribution in [0, 0.1) is 0 Å². The normalized spacial score (nSPS) is 14.0. The highest BCUT2D eigenvalue weighted by Gasteiger charge is 2.24. The summed E-state index contributed by atoms with van der Waals surface area (Å²) in [5, 5.41) is 2.36. The number of nitrogens with one attached hydrogen (secondary N) is 1. The minimum Gasteiger partial charge on any atom is -0.497 e. The van der Waals surface area contributed by atoms with Crippen LogP contribution < -0.4 is 15.0 Å². The Hall–Kier alpha value is -3.29. The van der Waals surface area contributed by atoms with Crippen LogP contribution in [0.3, 0.4) is 0 Å². The van der Waals surface area contributed by atoms with Crippen molar-refractivity contribution in [2.45, 2.75) is 0 Å². The summed E-state index contributed by atoms with van der Waals surface area (Å²) in [5.41, 5.74) is 1.07. The number of rotatable bonds is 6.